The highest BCUT2D eigenvalue weighted by atomic mass is 16.5. The Balaban J connectivity index is 1.36. The highest BCUT2D eigenvalue weighted by Gasteiger charge is 2.38. The summed E-state index contributed by atoms with van der Waals surface area (Å²) in [5, 5.41) is 0. The molecular formula is C25H36O. The van der Waals surface area contributed by atoms with Crippen molar-refractivity contribution >= 4 is 0 Å². The predicted octanol–water partition coefficient (Wildman–Crippen LogP) is 6.60. The summed E-state index contributed by atoms with van der Waals surface area (Å²) >= 11 is 0. The Bertz CT molecular complexity index is 631. The molecule has 0 aliphatic heterocycles. The minimum atomic E-state index is 0.765. The number of aryl methyl sites for hydroxylation is 1. The van der Waals surface area contributed by atoms with Gasteiger partial charge in [-0.15, -0.1) is 0 Å². The predicted molar refractivity (Wildman–Crippen MR) is 110 cm³/mol. The van der Waals surface area contributed by atoms with Gasteiger partial charge in [0.05, 0.1) is 6.61 Å². The lowest BCUT2D eigenvalue weighted by molar-refractivity contribution is 0.0810. The van der Waals surface area contributed by atoms with Crippen molar-refractivity contribution < 1.29 is 4.74 Å². The summed E-state index contributed by atoms with van der Waals surface area (Å²) in [4.78, 5) is 0. The first-order valence-corrected chi connectivity index (χ1v) is 11.1. The van der Waals surface area contributed by atoms with Crippen molar-refractivity contribution in [3.05, 3.63) is 41.5 Å². The first kappa shape index (κ1) is 18.1. The van der Waals surface area contributed by atoms with E-state index in [0.717, 1.165) is 41.9 Å². The third-order valence-corrected chi connectivity index (χ3v) is 7.58. The molecule has 4 rings (SSSR count). The molecule has 0 saturated heterocycles. The molecule has 0 spiro atoms. The molecule has 1 heteroatoms. The molecule has 0 amide bonds. The number of hydrogen-bond acceptors (Lipinski definition) is 1. The Morgan fingerprint density at radius 3 is 2.50 bits per heavy atom. The standard InChI is InChI=1S/C25H36O/c1-3-5-18-6-7-20-15-21(9-8-19(20)14-18)22-10-11-24-17-25(26-4-2)13-12-23(24)16-22/h3,5,12-13,17-22H,4,6-11,14-16H2,1-2H3/b5-3+. The summed E-state index contributed by atoms with van der Waals surface area (Å²) in [6.45, 7) is 5.01. The quantitative estimate of drug-likeness (QED) is 0.555. The lowest BCUT2D eigenvalue weighted by atomic mass is 9.61. The van der Waals surface area contributed by atoms with Crippen LogP contribution in [0.25, 0.3) is 0 Å². The van der Waals surface area contributed by atoms with Crippen molar-refractivity contribution in [2.75, 3.05) is 6.61 Å². The molecule has 142 valence electrons. The molecule has 5 atom stereocenters. The topological polar surface area (TPSA) is 9.23 Å². The van der Waals surface area contributed by atoms with Crippen LogP contribution in [0.15, 0.2) is 30.4 Å². The van der Waals surface area contributed by atoms with E-state index in [4.69, 9.17) is 4.74 Å². The molecule has 3 aliphatic rings. The van der Waals surface area contributed by atoms with Gasteiger partial charge in [-0.2, -0.15) is 0 Å². The molecule has 0 aromatic heterocycles. The molecule has 0 radical (unpaired) electrons. The molecule has 26 heavy (non-hydrogen) atoms. The zero-order chi connectivity index (χ0) is 17.9. The lowest BCUT2D eigenvalue weighted by Crippen LogP contribution is -2.34. The van der Waals surface area contributed by atoms with Crippen LogP contribution in [0, 0.1) is 29.6 Å². The van der Waals surface area contributed by atoms with Gasteiger partial charge in [-0.3, -0.25) is 0 Å². The van der Waals surface area contributed by atoms with Gasteiger partial charge in [-0.05, 0) is 124 Å². The molecule has 2 saturated carbocycles. The Hall–Kier alpha value is -1.24. The summed E-state index contributed by atoms with van der Waals surface area (Å²) < 4.78 is 5.70. The second kappa shape index (κ2) is 8.19. The van der Waals surface area contributed by atoms with E-state index in [9.17, 15) is 0 Å². The fourth-order valence-electron chi connectivity index (χ4n) is 6.26. The van der Waals surface area contributed by atoms with Gasteiger partial charge in [0.25, 0.3) is 0 Å². The Labute approximate surface area is 160 Å². The lowest BCUT2D eigenvalue weighted by Gasteiger charge is -2.44. The maximum atomic E-state index is 5.70. The highest BCUT2D eigenvalue weighted by molar-refractivity contribution is 5.37. The van der Waals surface area contributed by atoms with Gasteiger partial charge >= 0.3 is 0 Å². The van der Waals surface area contributed by atoms with Crippen molar-refractivity contribution in [2.45, 2.75) is 71.6 Å². The van der Waals surface area contributed by atoms with E-state index >= 15 is 0 Å². The Morgan fingerprint density at radius 2 is 1.69 bits per heavy atom. The monoisotopic (exact) mass is 352 g/mol. The SMILES string of the molecule is C/C=C/C1CCC2CC(C3CCc4cc(OCC)ccc4C3)CCC2C1. The Kier molecular flexibility index (Phi) is 5.72. The van der Waals surface area contributed by atoms with E-state index in [1.165, 1.54) is 57.8 Å². The van der Waals surface area contributed by atoms with Gasteiger partial charge in [0.2, 0.25) is 0 Å². The van der Waals surface area contributed by atoms with Crippen molar-refractivity contribution in [1.82, 2.24) is 0 Å². The minimum absolute atomic E-state index is 0.765. The molecular weight excluding hydrogens is 316 g/mol. The van der Waals surface area contributed by atoms with E-state index in [2.05, 4.69) is 44.2 Å². The minimum Gasteiger partial charge on any atom is -0.494 e. The fraction of sp³-hybridized carbons (Fsp3) is 0.680. The second-order valence-electron chi connectivity index (χ2n) is 9.06. The average molecular weight is 353 g/mol. The molecule has 3 aliphatic carbocycles. The van der Waals surface area contributed by atoms with Crippen LogP contribution in [0.3, 0.4) is 0 Å². The maximum Gasteiger partial charge on any atom is 0.119 e. The maximum absolute atomic E-state index is 5.70. The van der Waals surface area contributed by atoms with Gasteiger partial charge in [-0.1, -0.05) is 18.2 Å². The molecule has 1 aromatic carbocycles. The van der Waals surface area contributed by atoms with Gasteiger partial charge in [0.1, 0.15) is 5.75 Å². The summed E-state index contributed by atoms with van der Waals surface area (Å²) in [6, 6.07) is 6.83. The van der Waals surface area contributed by atoms with E-state index in [0.29, 0.717) is 0 Å². The number of allylic oxidation sites excluding steroid dienone is 2. The first-order valence-electron chi connectivity index (χ1n) is 11.1. The zero-order valence-corrected chi connectivity index (χ0v) is 16.8. The molecule has 1 aromatic rings. The number of fused-ring (bicyclic) bond motifs is 2. The van der Waals surface area contributed by atoms with Crippen LogP contribution < -0.4 is 4.74 Å². The van der Waals surface area contributed by atoms with E-state index in [-0.39, 0.29) is 0 Å². The van der Waals surface area contributed by atoms with Gasteiger partial charge in [0.15, 0.2) is 0 Å². The van der Waals surface area contributed by atoms with Crippen LogP contribution in [0.2, 0.25) is 0 Å². The van der Waals surface area contributed by atoms with Crippen LogP contribution in [0.4, 0.5) is 0 Å². The van der Waals surface area contributed by atoms with Crippen LogP contribution in [-0.4, -0.2) is 6.61 Å². The third kappa shape index (κ3) is 3.87. The smallest absolute Gasteiger partial charge is 0.119 e. The molecule has 0 N–H and O–H groups in total. The summed E-state index contributed by atoms with van der Waals surface area (Å²) in [5.74, 6) is 5.88. The normalized spacial score (nSPS) is 34.3. The first-order chi connectivity index (χ1) is 12.8. The van der Waals surface area contributed by atoms with Crippen molar-refractivity contribution in [1.29, 1.82) is 0 Å². The van der Waals surface area contributed by atoms with E-state index in [1.54, 1.807) is 11.1 Å². The Morgan fingerprint density at radius 1 is 0.923 bits per heavy atom. The molecule has 0 heterocycles. The average Bonchev–Trinajstić information content (AvgIpc) is 2.68. The van der Waals surface area contributed by atoms with Gasteiger partial charge in [0, 0.05) is 0 Å². The van der Waals surface area contributed by atoms with Crippen molar-refractivity contribution in [3.8, 4) is 5.75 Å². The number of rotatable bonds is 4. The summed E-state index contributed by atoms with van der Waals surface area (Å²) in [7, 11) is 0. The number of benzene rings is 1. The fourth-order valence-corrected chi connectivity index (χ4v) is 6.26. The molecule has 1 nitrogen and oxygen atoms in total. The van der Waals surface area contributed by atoms with Crippen LogP contribution in [0.5, 0.6) is 5.75 Å². The van der Waals surface area contributed by atoms with Crippen molar-refractivity contribution in [3.63, 3.8) is 0 Å². The van der Waals surface area contributed by atoms with Crippen molar-refractivity contribution in [2.24, 2.45) is 29.6 Å². The summed E-state index contributed by atoms with van der Waals surface area (Å²) in [5.41, 5.74) is 3.15. The third-order valence-electron chi connectivity index (χ3n) is 7.58. The van der Waals surface area contributed by atoms with Crippen LogP contribution in [0.1, 0.15) is 69.9 Å². The van der Waals surface area contributed by atoms with Gasteiger partial charge < -0.3 is 4.74 Å². The largest absolute Gasteiger partial charge is 0.494 e. The number of hydrogen-bond donors (Lipinski definition) is 0. The van der Waals surface area contributed by atoms with E-state index in [1.807, 2.05) is 0 Å². The number of ether oxygens (including phenoxy) is 1. The molecule has 2 fully saturated rings. The highest BCUT2D eigenvalue weighted by Crippen LogP contribution is 2.48. The van der Waals surface area contributed by atoms with Crippen LogP contribution in [-0.2, 0) is 12.8 Å². The van der Waals surface area contributed by atoms with Gasteiger partial charge in [-0.25, -0.2) is 0 Å². The zero-order valence-electron chi connectivity index (χ0n) is 16.8. The molecule has 0 bridgehead atoms. The summed E-state index contributed by atoms with van der Waals surface area (Å²) in [6.07, 6.45) is 17.6. The second-order valence-corrected chi connectivity index (χ2v) is 9.06. The van der Waals surface area contributed by atoms with Crippen LogP contribution >= 0.6 is 0 Å². The van der Waals surface area contributed by atoms with E-state index < -0.39 is 0 Å². The molecule has 5 unspecified atom stereocenters.